The summed E-state index contributed by atoms with van der Waals surface area (Å²) in [5.74, 6) is 0.765. The summed E-state index contributed by atoms with van der Waals surface area (Å²) in [5, 5.41) is 14.3. The first kappa shape index (κ1) is 17.2. The second-order valence-corrected chi connectivity index (χ2v) is 5.89. The Labute approximate surface area is 135 Å². The lowest BCUT2D eigenvalue weighted by atomic mass is 10.2. The van der Waals surface area contributed by atoms with Crippen LogP contribution in [0, 0.1) is 0 Å². The van der Waals surface area contributed by atoms with E-state index < -0.39 is 6.10 Å². The number of aliphatic hydroxyl groups is 1. The summed E-state index contributed by atoms with van der Waals surface area (Å²) in [7, 11) is 1.69. The molecule has 1 atom stereocenters. The molecule has 0 spiro atoms. The van der Waals surface area contributed by atoms with Crippen LogP contribution in [0.15, 0.2) is 39.6 Å². The largest absolute Gasteiger partial charge is 0.467 e. The van der Waals surface area contributed by atoms with Gasteiger partial charge in [0.25, 0.3) is 0 Å². The van der Waals surface area contributed by atoms with Crippen LogP contribution in [-0.2, 0) is 22.6 Å². The van der Waals surface area contributed by atoms with Gasteiger partial charge in [0.05, 0.1) is 25.6 Å². The Balaban J connectivity index is 1.72. The molecule has 2 aromatic heterocycles. The average molecular weight is 325 g/mol. The van der Waals surface area contributed by atoms with E-state index in [2.05, 4.69) is 21.7 Å². The van der Waals surface area contributed by atoms with Gasteiger partial charge in [0.15, 0.2) is 0 Å². The maximum atomic E-state index is 10.1. The number of hydrogen-bond acceptors (Lipinski definition) is 6. The summed E-state index contributed by atoms with van der Waals surface area (Å²) < 4.78 is 15.8. The molecular weight excluding hydrogens is 302 g/mol. The Bertz CT molecular complexity index is 486. The van der Waals surface area contributed by atoms with Gasteiger partial charge in [0, 0.05) is 26.7 Å². The highest BCUT2D eigenvalue weighted by Gasteiger charge is 2.13. The minimum absolute atomic E-state index is 0.286. The molecule has 0 aliphatic carbocycles. The second kappa shape index (κ2) is 9.76. The Morgan fingerprint density at radius 1 is 1.41 bits per heavy atom. The molecule has 0 bridgehead atoms. The molecule has 122 valence electrons. The van der Waals surface area contributed by atoms with E-state index in [0.717, 1.165) is 18.8 Å². The first-order valence-electron chi connectivity index (χ1n) is 7.28. The van der Waals surface area contributed by atoms with Crippen LogP contribution in [0.3, 0.4) is 0 Å². The molecule has 1 unspecified atom stereocenters. The maximum Gasteiger partial charge on any atom is 0.129 e. The minimum atomic E-state index is -0.537. The van der Waals surface area contributed by atoms with Gasteiger partial charge in [-0.1, -0.05) is 0 Å². The molecule has 6 heteroatoms. The molecule has 5 nitrogen and oxygen atoms in total. The van der Waals surface area contributed by atoms with Gasteiger partial charge in [0.2, 0.25) is 0 Å². The van der Waals surface area contributed by atoms with Gasteiger partial charge < -0.3 is 19.0 Å². The molecule has 0 amide bonds. The number of nitrogens with zero attached hydrogens (tertiary/aromatic N) is 1. The molecule has 0 saturated heterocycles. The van der Waals surface area contributed by atoms with Crippen LogP contribution < -0.4 is 0 Å². The quantitative estimate of drug-likeness (QED) is 0.687. The zero-order valence-electron chi connectivity index (χ0n) is 12.8. The van der Waals surface area contributed by atoms with Crippen molar-refractivity contribution in [3.63, 3.8) is 0 Å². The molecule has 0 radical (unpaired) electrons. The van der Waals surface area contributed by atoms with Crippen molar-refractivity contribution in [3.8, 4) is 0 Å². The van der Waals surface area contributed by atoms with Crippen molar-refractivity contribution in [1.29, 1.82) is 0 Å². The fourth-order valence-corrected chi connectivity index (χ4v) is 2.80. The van der Waals surface area contributed by atoms with Crippen LogP contribution in [0.25, 0.3) is 0 Å². The Hall–Kier alpha value is -1.18. The van der Waals surface area contributed by atoms with Crippen molar-refractivity contribution in [2.24, 2.45) is 0 Å². The zero-order chi connectivity index (χ0) is 15.6. The highest BCUT2D eigenvalue weighted by Crippen LogP contribution is 2.10. The van der Waals surface area contributed by atoms with Crippen molar-refractivity contribution in [2.75, 3.05) is 33.4 Å². The zero-order valence-corrected chi connectivity index (χ0v) is 13.6. The molecule has 2 heterocycles. The molecule has 2 aromatic rings. The van der Waals surface area contributed by atoms with Crippen LogP contribution in [0.2, 0.25) is 0 Å². The lowest BCUT2D eigenvalue weighted by molar-refractivity contribution is 0.000506. The molecule has 2 rings (SSSR count). The van der Waals surface area contributed by atoms with Crippen molar-refractivity contribution in [2.45, 2.75) is 19.3 Å². The van der Waals surface area contributed by atoms with Crippen molar-refractivity contribution in [3.05, 3.63) is 46.5 Å². The summed E-state index contributed by atoms with van der Waals surface area (Å²) in [6.07, 6.45) is 1.08. The fourth-order valence-electron chi connectivity index (χ4n) is 2.14. The van der Waals surface area contributed by atoms with E-state index in [9.17, 15) is 5.11 Å². The monoisotopic (exact) mass is 325 g/mol. The van der Waals surface area contributed by atoms with Gasteiger partial charge in [-0.25, -0.2) is 0 Å². The van der Waals surface area contributed by atoms with Gasteiger partial charge >= 0.3 is 0 Å². The minimum Gasteiger partial charge on any atom is -0.467 e. The smallest absolute Gasteiger partial charge is 0.129 e. The van der Waals surface area contributed by atoms with Crippen LogP contribution >= 0.6 is 11.3 Å². The molecule has 0 fully saturated rings. The standard InChI is InChI=1S/C16H23NO4S/c1-19-7-5-17(9-14-4-8-22-13-14)10-15(18)11-20-12-16-3-2-6-21-16/h2-4,6,8,13,15,18H,5,7,9-12H2,1H3. The normalized spacial score (nSPS) is 12.9. The third-order valence-electron chi connectivity index (χ3n) is 3.20. The van der Waals surface area contributed by atoms with E-state index in [-0.39, 0.29) is 6.61 Å². The Kier molecular flexibility index (Phi) is 7.62. The number of methoxy groups -OCH3 is 1. The van der Waals surface area contributed by atoms with E-state index in [4.69, 9.17) is 13.9 Å². The van der Waals surface area contributed by atoms with Crippen molar-refractivity contribution < 1.29 is 19.0 Å². The van der Waals surface area contributed by atoms with Gasteiger partial charge in [-0.15, -0.1) is 0 Å². The van der Waals surface area contributed by atoms with Crippen molar-refractivity contribution in [1.82, 2.24) is 4.90 Å². The molecule has 0 aromatic carbocycles. The number of furan rings is 1. The highest BCUT2D eigenvalue weighted by molar-refractivity contribution is 7.07. The SMILES string of the molecule is COCCN(Cc1ccsc1)CC(O)COCc1ccco1. The summed E-state index contributed by atoms with van der Waals surface area (Å²) in [6, 6.07) is 5.78. The molecule has 0 aliphatic rings. The van der Waals surface area contributed by atoms with Crippen LogP contribution in [-0.4, -0.2) is 49.5 Å². The average Bonchev–Trinajstić information content (AvgIpc) is 3.18. The summed E-state index contributed by atoms with van der Waals surface area (Å²) in [5.41, 5.74) is 1.25. The van der Waals surface area contributed by atoms with Crippen LogP contribution in [0.5, 0.6) is 0 Å². The van der Waals surface area contributed by atoms with E-state index in [1.807, 2.05) is 12.1 Å². The first-order valence-corrected chi connectivity index (χ1v) is 8.22. The predicted molar refractivity (Wildman–Crippen MR) is 85.8 cm³/mol. The number of aliphatic hydroxyl groups excluding tert-OH is 1. The summed E-state index contributed by atoms with van der Waals surface area (Å²) in [4.78, 5) is 2.17. The molecule has 0 saturated carbocycles. The van der Waals surface area contributed by atoms with E-state index in [1.54, 1.807) is 24.7 Å². The van der Waals surface area contributed by atoms with Gasteiger partial charge in [-0.05, 0) is 34.5 Å². The van der Waals surface area contributed by atoms with Gasteiger partial charge in [-0.2, -0.15) is 11.3 Å². The summed E-state index contributed by atoms with van der Waals surface area (Å²) in [6.45, 7) is 3.45. The number of ether oxygens (including phenoxy) is 2. The van der Waals surface area contributed by atoms with Gasteiger partial charge in [0.1, 0.15) is 12.4 Å². The lowest BCUT2D eigenvalue weighted by Crippen LogP contribution is -2.36. The third kappa shape index (κ3) is 6.29. The van der Waals surface area contributed by atoms with E-state index >= 15 is 0 Å². The van der Waals surface area contributed by atoms with Crippen LogP contribution in [0.1, 0.15) is 11.3 Å². The maximum absolute atomic E-state index is 10.1. The van der Waals surface area contributed by atoms with E-state index in [1.165, 1.54) is 5.56 Å². The molecule has 1 N–H and O–H groups in total. The number of rotatable bonds is 11. The summed E-state index contributed by atoms with van der Waals surface area (Å²) >= 11 is 1.68. The first-order chi connectivity index (χ1) is 10.8. The van der Waals surface area contributed by atoms with Crippen molar-refractivity contribution >= 4 is 11.3 Å². The molecule has 0 aliphatic heterocycles. The topological polar surface area (TPSA) is 55.1 Å². The third-order valence-corrected chi connectivity index (χ3v) is 3.93. The Morgan fingerprint density at radius 2 is 2.32 bits per heavy atom. The number of thiophene rings is 1. The lowest BCUT2D eigenvalue weighted by Gasteiger charge is -2.24. The fraction of sp³-hybridized carbons (Fsp3) is 0.500. The highest BCUT2D eigenvalue weighted by atomic mass is 32.1. The molecule has 22 heavy (non-hydrogen) atoms. The van der Waals surface area contributed by atoms with E-state index in [0.29, 0.717) is 19.8 Å². The van der Waals surface area contributed by atoms with Crippen LogP contribution in [0.4, 0.5) is 0 Å². The molecular formula is C16H23NO4S. The number of hydrogen-bond donors (Lipinski definition) is 1. The van der Waals surface area contributed by atoms with Gasteiger partial charge in [-0.3, -0.25) is 4.90 Å². The Morgan fingerprint density at radius 3 is 3.00 bits per heavy atom. The second-order valence-electron chi connectivity index (χ2n) is 5.11. The predicted octanol–water partition coefficient (Wildman–Crippen LogP) is 2.37.